The van der Waals surface area contributed by atoms with Crippen LogP contribution in [0.4, 0.5) is 0 Å². The van der Waals surface area contributed by atoms with Crippen molar-refractivity contribution in [3.05, 3.63) is 35.9 Å². The summed E-state index contributed by atoms with van der Waals surface area (Å²) >= 11 is 0. The first kappa shape index (κ1) is 19.7. The molecule has 9 heteroatoms. The topological polar surface area (TPSA) is 111 Å². The van der Waals surface area contributed by atoms with Crippen molar-refractivity contribution >= 4 is 15.9 Å². The van der Waals surface area contributed by atoms with Crippen LogP contribution in [0.1, 0.15) is 28.8 Å². The Labute approximate surface area is 159 Å². The van der Waals surface area contributed by atoms with Crippen molar-refractivity contribution in [3.8, 4) is 11.5 Å². The van der Waals surface area contributed by atoms with Crippen LogP contribution in [0.5, 0.6) is 11.5 Å². The smallest absolute Gasteiger partial charge is 0.255 e. The minimum atomic E-state index is -3.91. The van der Waals surface area contributed by atoms with E-state index in [0.29, 0.717) is 12.1 Å². The monoisotopic (exact) mass is 395 g/mol. The average Bonchev–Trinajstić information content (AvgIpc) is 3.05. The first-order valence-corrected chi connectivity index (χ1v) is 10.5. The quantitative estimate of drug-likeness (QED) is 0.688. The molecule has 0 aromatic heterocycles. The molecule has 3 rings (SSSR count). The lowest BCUT2D eigenvalue weighted by molar-refractivity contribution is 0.0926. The molecule has 3 N–H and O–H groups in total. The predicted octanol–water partition coefficient (Wildman–Crippen LogP) is 0.761. The van der Waals surface area contributed by atoms with Crippen molar-refractivity contribution in [2.24, 2.45) is 5.14 Å². The summed E-state index contributed by atoms with van der Waals surface area (Å²) in [6.45, 7) is 7.63. The number of amides is 1. The number of hydrogen-bond donors (Lipinski definition) is 2. The van der Waals surface area contributed by atoms with E-state index in [0.717, 1.165) is 31.5 Å². The predicted molar refractivity (Wildman–Crippen MR) is 101 cm³/mol. The third-order valence-electron chi connectivity index (χ3n) is 4.79. The molecule has 0 aliphatic carbocycles. The van der Waals surface area contributed by atoms with Crippen LogP contribution in [0.3, 0.4) is 0 Å². The lowest BCUT2D eigenvalue weighted by atomic mass is 10.1. The van der Waals surface area contributed by atoms with Crippen LogP contribution in [0, 0.1) is 6.92 Å². The molecule has 0 radical (unpaired) electrons. The molecule has 2 unspecified atom stereocenters. The molecule has 8 nitrogen and oxygen atoms in total. The number of carbonyl (C=O) groups excluding carboxylic acids is 1. The fourth-order valence-corrected chi connectivity index (χ4v) is 3.97. The highest BCUT2D eigenvalue weighted by atomic mass is 32.2. The maximum Gasteiger partial charge on any atom is 0.255 e. The molecule has 1 amide bonds. The van der Waals surface area contributed by atoms with E-state index in [4.69, 9.17) is 14.6 Å². The van der Waals surface area contributed by atoms with Crippen LogP contribution in [0.25, 0.3) is 0 Å². The van der Waals surface area contributed by atoms with Crippen LogP contribution in [-0.4, -0.2) is 56.9 Å². The van der Waals surface area contributed by atoms with Gasteiger partial charge in [-0.15, -0.1) is 6.58 Å². The Bertz CT molecular complexity index is 840. The Hall–Kier alpha value is -2.10. The fourth-order valence-electron chi connectivity index (χ4n) is 3.47. The number of aryl methyl sites for hydroxylation is 1. The van der Waals surface area contributed by atoms with Crippen molar-refractivity contribution in [3.63, 3.8) is 0 Å². The number of sulfonamides is 1. The summed E-state index contributed by atoms with van der Waals surface area (Å²) in [6, 6.07) is 3.61. The number of ether oxygens (including phenoxy) is 2. The maximum absolute atomic E-state index is 12.7. The largest absolute Gasteiger partial charge is 0.484 e. The van der Waals surface area contributed by atoms with E-state index in [-0.39, 0.29) is 30.1 Å². The van der Waals surface area contributed by atoms with Crippen LogP contribution in [0.2, 0.25) is 0 Å². The van der Waals surface area contributed by atoms with E-state index >= 15 is 0 Å². The van der Waals surface area contributed by atoms with Gasteiger partial charge >= 0.3 is 0 Å². The minimum Gasteiger partial charge on any atom is -0.484 e. The Kier molecular flexibility index (Phi) is 5.73. The van der Waals surface area contributed by atoms with Gasteiger partial charge in [-0.05, 0) is 44.0 Å². The molecule has 2 atom stereocenters. The molecule has 27 heavy (non-hydrogen) atoms. The zero-order valence-corrected chi connectivity index (χ0v) is 16.1. The number of carbonyl (C=O) groups is 1. The van der Waals surface area contributed by atoms with Crippen LogP contribution in [-0.2, 0) is 10.0 Å². The summed E-state index contributed by atoms with van der Waals surface area (Å²) in [4.78, 5) is 15.0. The Morgan fingerprint density at radius 3 is 2.96 bits per heavy atom. The number of nitrogens with one attached hydrogen (secondary N) is 1. The number of fused-ring (bicyclic) bond motifs is 1. The highest BCUT2D eigenvalue weighted by Crippen LogP contribution is 2.37. The summed E-state index contributed by atoms with van der Waals surface area (Å²) in [5.41, 5.74) is -0.202. The normalized spacial score (nSPS) is 22.4. The van der Waals surface area contributed by atoms with Crippen molar-refractivity contribution < 1.29 is 22.7 Å². The number of rotatable bonds is 6. The molecule has 2 aliphatic heterocycles. The van der Waals surface area contributed by atoms with Gasteiger partial charge in [0.25, 0.3) is 15.9 Å². The Morgan fingerprint density at radius 1 is 1.48 bits per heavy atom. The second-order valence-corrected chi connectivity index (χ2v) is 8.58. The second-order valence-electron chi connectivity index (χ2n) is 6.88. The standard InChI is InChI=1S/C18H25N3O5S/c1-3-6-21-7-4-5-13(21)10-20-18(22)14-8-12(2)9-15-17(14)25-11-16(26-15)27(19,23)24/h3,8-9,13,16H,1,4-7,10-11H2,2H3,(H,20,22)(H2,19,23,24). The summed E-state index contributed by atoms with van der Waals surface area (Å²) < 4.78 is 34.0. The number of primary sulfonamides is 1. The van der Waals surface area contributed by atoms with E-state index in [9.17, 15) is 13.2 Å². The number of nitrogens with zero attached hydrogens (tertiary/aromatic N) is 1. The minimum absolute atomic E-state index is 0.208. The summed E-state index contributed by atoms with van der Waals surface area (Å²) in [7, 11) is -3.91. The van der Waals surface area contributed by atoms with Crippen LogP contribution < -0.4 is 19.9 Å². The number of benzene rings is 1. The van der Waals surface area contributed by atoms with Gasteiger partial charge in [-0.3, -0.25) is 9.69 Å². The maximum atomic E-state index is 12.7. The molecule has 148 valence electrons. The van der Waals surface area contributed by atoms with Gasteiger partial charge in [0, 0.05) is 19.1 Å². The van der Waals surface area contributed by atoms with Crippen molar-refractivity contribution in [2.45, 2.75) is 31.2 Å². The molecule has 0 bridgehead atoms. The number of likely N-dealkylation sites (tertiary alicyclic amines) is 1. The molecule has 2 heterocycles. The van der Waals surface area contributed by atoms with Crippen LogP contribution in [0.15, 0.2) is 24.8 Å². The Balaban J connectivity index is 1.74. The van der Waals surface area contributed by atoms with Gasteiger partial charge in [-0.2, -0.15) is 0 Å². The lowest BCUT2D eigenvalue weighted by Crippen LogP contribution is -2.42. The van der Waals surface area contributed by atoms with Gasteiger partial charge in [0.15, 0.2) is 11.5 Å². The van der Waals surface area contributed by atoms with Gasteiger partial charge in [-0.1, -0.05) is 6.08 Å². The van der Waals surface area contributed by atoms with Crippen molar-refractivity contribution in [2.75, 3.05) is 26.2 Å². The molecular formula is C18H25N3O5S. The van der Waals surface area contributed by atoms with Gasteiger partial charge in [0.05, 0.1) is 5.56 Å². The second kappa shape index (κ2) is 7.87. The molecule has 2 aliphatic rings. The zero-order valence-electron chi connectivity index (χ0n) is 15.3. The summed E-state index contributed by atoms with van der Waals surface area (Å²) in [6.07, 6.45) is 3.99. The van der Waals surface area contributed by atoms with Gasteiger partial charge in [0.1, 0.15) is 6.61 Å². The van der Waals surface area contributed by atoms with E-state index in [1.54, 1.807) is 19.1 Å². The zero-order chi connectivity index (χ0) is 19.6. The third kappa shape index (κ3) is 4.42. The first-order chi connectivity index (χ1) is 12.8. The SMILES string of the molecule is C=CCN1CCCC1CNC(=O)c1cc(C)cc2c1OCC(S(N)(=O)=O)O2. The van der Waals surface area contributed by atoms with Gasteiger partial charge in [-0.25, -0.2) is 13.6 Å². The fraction of sp³-hybridized carbons (Fsp3) is 0.500. The van der Waals surface area contributed by atoms with E-state index in [1.165, 1.54) is 0 Å². The summed E-state index contributed by atoms with van der Waals surface area (Å²) in [5.74, 6) is 0.171. The molecule has 1 saturated heterocycles. The molecule has 1 aromatic rings. The third-order valence-corrected chi connectivity index (χ3v) is 5.76. The van der Waals surface area contributed by atoms with Gasteiger partial charge < -0.3 is 14.8 Å². The number of nitrogens with two attached hydrogens (primary N) is 1. The molecule has 0 saturated carbocycles. The highest BCUT2D eigenvalue weighted by Gasteiger charge is 2.33. The summed E-state index contributed by atoms with van der Waals surface area (Å²) in [5, 5.41) is 8.09. The average molecular weight is 395 g/mol. The lowest BCUT2D eigenvalue weighted by Gasteiger charge is -2.27. The van der Waals surface area contributed by atoms with E-state index in [2.05, 4.69) is 16.8 Å². The molecule has 0 spiro atoms. The molecular weight excluding hydrogens is 370 g/mol. The van der Waals surface area contributed by atoms with E-state index in [1.807, 2.05) is 6.08 Å². The molecule has 1 fully saturated rings. The Morgan fingerprint density at radius 2 is 2.26 bits per heavy atom. The number of hydrogen-bond acceptors (Lipinski definition) is 6. The van der Waals surface area contributed by atoms with Crippen molar-refractivity contribution in [1.82, 2.24) is 10.2 Å². The van der Waals surface area contributed by atoms with Crippen molar-refractivity contribution in [1.29, 1.82) is 0 Å². The highest BCUT2D eigenvalue weighted by molar-refractivity contribution is 7.89. The van der Waals surface area contributed by atoms with Gasteiger partial charge in [0.2, 0.25) is 5.44 Å². The first-order valence-electron chi connectivity index (χ1n) is 8.88. The van der Waals surface area contributed by atoms with E-state index < -0.39 is 15.5 Å². The van der Waals surface area contributed by atoms with Crippen LogP contribution >= 0.6 is 0 Å². The molecule has 1 aromatic carbocycles.